The zero-order valence-corrected chi connectivity index (χ0v) is 65.4. The molecule has 578 valence electrons. The van der Waals surface area contributed by atoms with Crippen LogP contribution in [0.5, 0.6) is 0 Å². The van der Waals surface area contributed by atoms with Crippen molar-refractivity contribution in [2.75, 3.05) is 95.3 Å². The third kappa shape index (κ3) is 26.1. The summed E-state index contributed by atoms with van der Waals surface area (Å²) in [5.74, 6) is -13.6. The van der Waals surface area contributed by atoms with Crippen LogP contribution in [0.1, 0.15) is 175 Å². The number of nitrogens with zero attached hydrogens (tertiary/aromatic N) is 9. The zero-order chi connectivity index (χ0) is 77.7. The van der Waals surface area contributed by atoms with Gasteiger partial charge in [-0.3, -0.25) is 62.4 Å². The van der Waals surface area contributed by atoms with Gasteiger partial charge in [-0.2, -0.15) is 13.2 Å². The Kier molecular flexibility index (Phi) is 37.0. The van der Waals surface area contributed by atoms with E-state index in [1.165, 1.54) is 80.8 Å². The summed E-state index contributed by atoms with van der Waals surface area (Å²) in [4.78, 5) is 190. The van der Waals surface area contributed by atoms with Gasteiger partial charge in [0.25, 0.3) is 0 Å². The number of ketones is 3. The van der Waals surface area contributed by atoms with Gasteiger partial charge in [0.05, 0.1) is 31.2 Å². The first-order chi connectivity index (χ1) is 46.7. The number of ether oxygens (including phenoxy) is 1. The van der Waals surface area contributed by atoms with Crippen LogP contribution in [0.25, 0.3) is 0 Å². The van der Waals surface area contributed by atoms with Crippen molar-refractivity contribution in [1.82, 2.24) is 49.4 Å². The molecular weight excluding hydrogens is 1310 g/mol. The lowest BCUT2D eigenvalue weighted by molar-refractivity contribution is -0.157. The Morgan fingerprint density at radius 2 is 1.03 bits per heavy atom. The highest BCUT2D eigenvalue weighted by molar-refractivity contribution is 6.00. The number of halogens is 3. The number of aliphatic hydroxyl groups is 1. The second-order valence-corrected chi connectivity index (χ2v) is 30.8. The van der Waals surface area contributed by atoms with E-state index in [4.69, 9.17) is 4.74 Å². The third-order valence-electron chi connectivity index (χ3n) is 20.3. The number of nitrogens with one attached hydrogen (secondary N) is 1. The predicted octanol–water partition coefficient (Wildman–Crippen LogP) is 6.63. The highest BCUT2D eigenvalue weighted by Gasteiger charge is 2.47. The summed E-state index contributed by atoms with van der Waals surface area (Å²) in [5.41, 5.74) is 0. The minimum atomic E-state index is -4.34. The molecule has 2 aliphatic rings. The topological polar surface area (TPSA) is 275 Å². The number of hydrogen-bond acceptors (Lipinski definition) is 15. The van der Waals surface area contributed by atoms with Gasteiger partial charge < -0.3 is 54.4 Å². The predicted molar refractivity (Wildman–Crippen MR) is 381 cm³/mol. The minimum Gasteiger partial charge on any atom is -0.390 e. The van der Waals surface area contributed by atoms with Crippen LogP contribution in [0.15, 0.2) is 12.2 Å². The van der Waals surface area contributed by atoms with Crippen LogP contribution in [-0.2, 0) is 62.3 Å². The van der Waals surface area contributed by atoms with Crippen molar-refractivity contribution < 1.29 is 80.5 Å². The lowest BCUT2D eigenvalue weighted by Gasteiger charge is -2.41. The number of aliphatic hydroxyl groups excluding tert-OH is 1. The van der Waals surface area contributed by atoms with E-state index in [1.54, 1.807) is 86.3 Å². The van der Waals surface area contributed by atoms with Crippen LogP contribution < -0.4 is 5.32 Å². The molecule has 0 aliphatic carbocycles. The first-order valence-electron chi connectivity index (χ1n) is 36.4. The van der Waals surface area contributed by atoms with Gasteiger partial charge in [-0.25, -0.2) is 0 Å². The molecule has 14 atom stereocenters. The minimum absolute atomic E-state index is 0.0572. The number of alkyl halides is 3. The summed E-state index contributed by atoms with van der Waals surface area (Å²) >= 11 is 0. The quantitative estimate of drug-likeness (QED) is 0.121. The number of carbonyl (C=O) groups excluding carboxylic acids is 12. The number of allylic oxidation sites excluding steroid dienone is 2. The fourth-order valence-electron chi connectivity index (χ4n) is 13.6. The Bertz CT molecular complexity index is 2830. The van der Waals surface area contributed by atoms with Crippen LogP contribution >= 0.6 is 0 Å². The molecule has 0 unspecified atom stereocenters. The second-order valence-electron chi connectivity index (χ2n) is 30.8. The maximum Gasteiger partial charge on any atom is 0.390 e. The number of likely N-dealkylation sites (N-methyl/N-ethyl adjacent to an activating group) is 7. The van der Waals surface area contributed by atoms with E-state index in [9.17, 15) is 42.3 Å². The van der Waals surface area contributed by atoms with Crippen molar-refractivity contribution in [3.8, 4) is 0 Å². The van der Waals surface area contributed by atoms with Gasteiger partial charge in [0.15, 0.2) is 11.6 Å². The van der Waals surface area contributed by atoms with Crippen LogP contribution in [0.4, 0.5) is 13.2 Å². The van der Waals surface area contributed by atoms with E-state index in [-0.39, 0.29) is 102 Å². The first-order valence-corrected chi connectivity index (χ1v) is 36.4. The maximum absolute atomic E-state index is 15.3. The number of piperazine rings is 1. The summed E-state index contributed by atoms with van der Waals surface area (Å²) < 4.78 is 45.0. The number of amides is 9. The van der Waals surface area contributed by atoms with E-state index in [2.05, 4.69) is 5.32 Å². The lowest BCUT2D eigenvalue weighted by atomic mass is 9.83. The molecule has 0 bridgehead atoms. The van der Waals surface area contributed by atoms with Crippen molar-refractivity contribution >= 4 is 70.5 Å². The van der Waals surface area contributed by atoms with Crippen molar-refractivity contribution in [2.45, 2.75) is 236 Å². The number of rotatable bonds is 20. The van der Waals surface area contributed by atoms with Crippen molar-refractivity contribution in [1.29, 1.82) is 0 Å². The monoisotopic (exact) mass is 1440 g/mol. The van der Waals surface area contributed by atoms with Gasteiger partial charge in [0.2, 0.25) is 53.2 Å². The average molecular weight is 1440 g/mol. The molecule has 0 aromatic rings. The van der Waals surface area contributed by atoms with Crippen LogP contribution in [0.3, 0.4) is 0 Å². The Balaban J connectivity index is 3.00. The number of carbonyl (C=O) groups is 12. The molecule has 0 saturated carbocycles. The molecule has 2 saturated heterocycles. The number of hydrogen-bond donors (Lipinski definition) is 2. The van der Waals surface area contributed by atoms with Crippen molar-refractivity contribution in [2.24, 2.45) is 59.2 Å². The molecule has 27 heteroatoms. The van der Waals surface area contributed by atoms with Gasteiger partial charge in [-0.05, 0) is 81.5 Å². The summed E-state index contributed by atoms with van der Waals surface area (Å²) in [6.45, 7) is 29.1. The Hall–Kier alpha value is -6.35. The van der Waals surface area contributed by atoms with E-state index >= 15 is 33.6 Å². The molecule has 24 nitrogen and oxygen atoms in total. The van der Waals surface area contributed by atoms with Gasteiger partial charge in [0, 0.05) is 125 Å². The first kappa shape index (κ1) is 90.7. The Morgan fingerprint density at radius 1 is 0.554 bits per heavy atom. The van der Waals surface area contributed by atoms with Crippen molar-refractivity contribution in [3.05, 3.63) is 12.2 Å². The van der Waals surface area contributed by atoms with Crippen molar-refractivity contribution in [3.63, 3.8) is 0 Å². The Morgan fingerprint density at radius 3 is 1.51 bits per heavy atom. The summed E-state index contributed by atoms with van der Waals surface area (Å²) in [6.07, 6.45) is -3.74. The molecule has 9 amide bonds. The zero-order valence-electron chi connectivity index (χ0n) is 65.4. The highest BCUT2D eigenvalue weighted by Crippen LogP contribution is 2.30. The standard InChI is InChI=1S/C74H127F3N10O14/c1-25-27-28-48(13)65(92)64-66(93)78-54(26-2)70(97)79(18)52(17)68(95)84(23)63(51(16)41-101-42-61(91)87-33-31-86(32-34-87)30-29-74(75,76)77)60(90)40-53(46(9)10)69(96)80(19)55(35-43(3)4)59(89)38-49(14)58(88)39-50(15)67(94)81(20)56(36-44(5)6)71(98)82(21)57(37-45(7)8)72(99)83(22)62(47(11)12)73(100)85(64)24/h25,27,43-57,62-65,92H,26,28-42H2,1-24H3,(H,78,93)/b27-25+/t48-,49-,50+,51-,52-,53+,54+,55+,56+,57+,62+,63+,64+,65-/m1/s1. The largest absolute Gasteiger partial charge is 0.390 e. The summed E-state index contributed by atoms with van der Waals surface area (Å²) in [7, 11) is 9.85. The molecule has 2 aliphatic heterocycles. The van der Waals surface area contributed by atoms with Crippen LogP contribution in [0, 0.1) is 59.2 Å². The maximum atomic E-state index is 15.3. The highest BCUT2D eigenvalue weighted by atomic mass is 19.4. The fourth-order valence-corrected chi connectivity index (χ4v) is 13.6. The average Bonchev–Trinajstić information content (AvgIpc) is 0.807. The summed E-state index contributed by atoms with van der Waals surface area (Å²) in [6, 6.07) is -10.5. The van der Waals surface area contributed by atoms with E-state index in [1.807, 2.05) is 41.5 Å². The van der Waals surface area contributed by atoms with Gasteiger partial charge in [-0.15, -0.1) is 0 Å². The molecule has 2 N–H and O–H groups in total. The molecule has 2 heterocycles. The summed E-state index contributed by atoms with van der Waals surface area (Å²) in [5, 5.41) is 15.0. The van der Waals surface area contributed by atoms with Crippen LogP contribution in [-0.4, -0.2) is 276 Å². The fraction of sp³-hybridized carbons (Fsp3) is 0.811. The van der Waals surface area contributed by atoms with E-state index < -0.39 is 192 Å². The molecule has 101 heavy (non-hydrogen) atoms. The molecular formula is C74H127F3N10O14. The molecule has 2 rings (SSSR count). The smallest absolute Gasteiger partial charge is 0.390 e. The molecule has 0 radical (unpaired) electrons. The van der Waals surface area contributed by atoms with Gasteiger partial charge >= 0.3 is 6.18 Å². The normalized spacial score (nSPS) is 27.1. The van der Waals surface area contributed by atoms with Gasteiger partial charge in [0.1, 0.15) is 48.6 Å². The molecule has 0 aromatic heterocycles. The van der Waals surface area contributed by atoms with Crippen LogP contribution in [0.2, 0.25) is 0 Å². The molecule has 0 spiro atoms. The lowest BCUT2D eigenvalue weighted by Crippen LogP contribution is -2.63. The number of Topliss-reactive ketones (excluding diaryl/α,β-unsaturated/α-hetero) is 3. The van der Waals surface area contributed by atoms with E-state index in [0.717, 1.165) is 14.7 Å². The SMILES string of the molecule is C/C=C/C[C@@H](C)[C@@H](O)[C@H]1C(=O)N[C@@H](CC)C(=O)N(C)[C@H](C)C(=O)N(C)[C@@H]([C@H](C)COCC(=O)N2CCN(CCC(F)(F)F)CC2)C(=O)C[C@@H](C(C)C)C(=O)N(C)[C@@H](CC(C)C)C(=O)C[C@@H](C)C(=O)C[C@H](C)C(=O)N(C)[C@@H](CC(C)C)C(=O)N(C)[C@@H](CC(C)C)C(=O)N(C)[C@@H](C(C)C)C(=O)N1C. The van der Waals surface area contributed by atoms with E-state index in [0.29, 0.717) is 0 Å². The Labute approximate surface area is 600 Å². The third-order valence-corrected chi connectivity index (χ3v) is 20.3. The second kappa shape index (κ2) is 41.2. The van der Waals surface area contributed by atoms with Gasteiger partial charge in [-0.1, -0.05) is 116 Å². The molecule has 0 aromatic carbocycles. The molecule has 2 fully saturated rings.